The number of thioether (sulfide) groups is 1. The molecule has 1 heterocycles. The summed E-state index contributed by atoms with van der Waals surface area (Å²) in [6.07, 6.45) is 4.95. The number of carbonyl (C=O) groups is 1. The molecule has 1 N–H and O–H groups in total. The molecule has 3 nitrogen and oxygen atoms in total. The molecule has 1 unspecified atom stereocenters. The predicted octanol–water partition coefficient (Wildman–Crippen LogP) is 3.02. The molecule has 1 aromatic carbocycles. The first-order valence-electron chi connectivity index (χ1n) is 6.52. The molecule has 1 aromatic rings. The summed E-state index contributed by atoms with van der Waals surface area (Å²) in [7, 11) is 0. The Balaban J connectivity index is 1.93. The molecule has 0 aromatic heterocycles. The smallest absolute Gasteiger partial charge is 0.318 e. The van der Waals surface area contributed by atoms with Crippen molar-refractivity contribution in [3.63, 3.8) is 0 Å². The second kappa shape index (κ2) is 6.66. The van der Waals surface area contributed by atoms with Gasteiger partial charge in [0, 0.05) is 19.1 Å². The molecule has 4 heteroatoms. The highest BCUT2D eigenvalue weighted by Gasteiger charge is 2.20. The fourth-order valence-corrected chi connectivity index (χ4v) is 2.59. The average Bonchev–Trinajstić information content (AvgIpc) is 2.44. The highest BCUT2D eigenvalue weighted by atomic mass is 32.2. The van der Waals surface area contributed by atoms with E-state index in [2.05, 4.69) is 23.5 Å². The molecule has 1 aliphatic heterocycles. The zero-order chi connectivity index (χ0) is 13.7. The van der Waals surface area contributed by atoms with Gasteiger partial charge in [0.1, 0.15) is 0 Å². The minimum atomic E-state index is 0.0211. The predicted molar refractivity (Wildman–Crippen MR) is 81.2 cm³/mol. The fourth-order valence-electron chi connectivity index (χ4n) is 2.20. The van der Waals surface area contributed by atoms with Crippen molar-refractivity contribution in [3.05, 3.63) is 46.9 Å². The van der Waals surface area contributed by atoms with Crippen LogP contribution in [0.15, 0.2) is 35.7 Å². The fraction of sp³-hybridized carbons (Fsp3) is 0.400. The van der Waals surface area contributed by atoms with Gasteiger partial charge in [-0.15, -0.1) is 11.8 Å². The van der Waals surface area contributed by atoms with Gasteiger partial charge >= 0.3 is 6.03 Å². The minimum absolute atomic E-state index is 0.0211. The Bertz CT molecular complexity index is 473. The molecule has 2 rings (SSSR count). The normalized spacial score (nSPS) is 16.2. The number of amides is 2. The van der Waals surface area contributed by atoms with Gasteiger partial charge in [0.15, 0.2) is 0 Å². The molecule has 0 spiro atoms. The molecule has 0 fully saturated rings. The largest absolute Gasteiger partial charge is 0.332 e. The average molecular weight is 276 g/mol. The summed E-state index contributed by atoms with van der Waals surface area (Å²) in [6, 6.07) is 8.43. The van der Waals surface area contributed by atoms with Crippen LogP contribution in [0.3, 0.4) is 0 Å². The molecule has 0 aliphatic carbocycles. The van der Waals surface area contributed by atoms with Crippen LogP contribution in [0.25, 0.3) is 0 Å². The third-order valence-electron chi connectivity index (χ3n) is 3.27. The van der Waals surface area contributed by atoms with E-state index in [4.69, 9.17) is 0 Å². The van der Waals surface area contributed by atoms with Crippen LogP contribution in [0.2, 0.25) is 0 Å². The molecule has 1 atom stereocenters. The van der Waals surface area contributed by atoms with Crippen LogP contribution in [-0.4, -0.2) is 29.8 Å². The Morgan fingerprint density at radius 2 is 2.16 bits per heavy atom. The van der Waals surface area contributed by atoms with Gasteiger partial charge in [-0.05, 0) is 36.1 Å². The monoisotopic (exact) mass is 276 g/mol. The SMILES string of the molecule is CS/C=C/C(C)NC(=O)N1CCc2ccccc2C1. The van der Waals surface area contributed by atoms with E-state index in [0.717, 1.165) is 13.0 Å². The molecule has 0 bridgehead atoms. The summed E-state index contributed by atoms with van der Waals surface area (Å²) in [5, 5.41) is 5.00. The van der Waals surface area contributed by atoms with Gasteiger partial charge in [-0.1, -0.05) is 30.3 Å². The lowest BCUT2D eigenvalue weighted by Crippen LogP contribution is -2.45. The highest BCUT2D eigenvalue weighted by molar-refractivity contribution is 8.01. The van der Waals surface area contributed by atoms with E-state index in [1.807, 2.05) is 35.6 Å². The summed E-state index contributed by atoms with van der Waals surface area (Å²) < 4.78 is 0. The number of nitrogens with zero attached hydrogens (tertiary/aromatic N) is 1. The van der Waals surface area contributed by atoms with Crippen molar-refractivity contribution in [1.29, 1.82) is 0 Å². The van der Waals surface area contributed by atoms with E-state index in [1.54, 1.807) is 11.8 Å². The topological polar surface area (TPSA) is 32.3 Å². The molecular formula is C15H20N2OS. The maximum absolute atomic E-state index is 12.2. The van der Waals surface area contributed by atoms with Crippen molar-refractivity contribution < 1.29 is 4.79 Å². The van der Waals surface area contributed by atoms with E-state index in [-0.39, 0.29) is 12.1 Å². The van der Waals surface area contributed by atoms with Crippen LogP contribution < -0.4 is 5.32 Å². The number of nitrogens with one attached hydrogen (secondary N) is 1. The molecular weight excluding hydrogens is 256 g/mol. The molecule has 0 radical (unpaired) electrons. The van der Waals surface area contributed by atoms with Crippen LogP contribution in [0, 0.1) is 0 Å². The molecule has 0 saturated heterocycles. The Morgan fingerprint density at radius 3 is 2.89 bits per heavy atom. The van der Waals surface area contributed by atoms with Crippen LogP contribution >= 0.6 is 11.8 Å². The first-order chi connectivity index (χ1) is 9.20. The van der Waals surface area contributed by atoms with Crippen molar-refractivity contribution in [3.8, 4) is 0 Å². The van der Waals surface area contributed by atoms with Crippen molar-refractivity contribution >= 4 is 17.8 Å². The van der Waals surface area contributed by atoms with E-state index < -0.39 is 0 Å². The van der Waals surface area contributed by atoms with E-state index in [1.165, 1.54) is 11.1 Å². The summed E-state index contributed by atoms with van der Waals surface area (Å²) in [5.41, 5.74) is 2.62. The number of fused-ring (bicyclic) bond motifs is 1. The maximum Gasteiger partial charge on any atom is 0.318 e. The van der Waals surface area contributed by atoms with Gasteiger partial charge in [-0.25, -0.2) is 4.79 Å². The first kappa shape index (κ1) is 14.0. The third kappa shape index (κ3) is 3.77. The highest BCUT2D eigenvalue weighted by Crippen LogP contribution is 2.18. The Morgan fingerprint density at radius 1 is 1.42 bits per heavy atom. The zero-order valence-corrected chi connectivity index (χ0v) is 12.2. The molecule has 2 amide bonds. The minimum Gasteiger partial charge on any atom is -0.332 e. The number of hydrogen-bond donors (Lipinski definition) is 1. The van der Waals surface area contributed by atoms with Crippen LogP contribution in [0.5, 0.6) is 0 Å². The van der Waals surface area contributed by atoms with Crippen molar-refractivity contribution in [2.45, 2.75) is 25.9 Å². The van der Waals surface area contributed by atoms with Gasteiger partial charge in [0.2, 0.25) is 0 Å². The zero-order valence-electron chi connectivity index (χ0n) is 11.4. The first-order valence-corrected chi connectivity index (χ1v) is 7.81. The Hall–Kier alpha value is -1.42. The number of hydrogen-bond acceptors (Lipinski definition) is 2. The van der Waals surface area contributed by atoms with Crippen LogP contribution in [-0.2, 0) is 13.0 Å². The van der Waals surface area contributed by atoms with Gasteiger partial charge in [-0.3, -0.25) is 0 Å². The van der Waals surface area contributed by atoms with E-state index in [9.17, 15) is 4.79 Å². The standard InChI is InChI=1S/C15H20N2OS/c1-12(8-10-19-2)16-15(18)17-9-7-13-5-3-4-6-14(13)11-17/h3-6,8,10,12H,7,9,11H2,1-2H3,(H,16,18)/b10-8+. The van der Waals surface area contributed by atoms with Gasteiger partial charge in [0.25, 0.3) is 0 Å². The van der Waals surface area contributed by atoms with Crippen molar-refractivity contribution in [2.24, 2.45) is 0 Å². The Kier molecular flexibility index (Phi) is 4.91. The lowest BCUT2D eigenvalue weighted by Gasteiger charge is -2.29. The Labute approximate surface area is 119 Å². The van der Waals surface area contributed by atoms with Gasteiger partial charge in [-0.2, -0.15) is 0 Å². The lowest BCUT2D eigenvalue weighted by molar-refractivity contribution is 0.191. The number of benzene rings is 1. The molecule has 19 heavy (non-hydrogen) atoms. The lowest BCUT2D eigenvalue weighted by atomic mass is 10.0. The summed E-state index contributed by atoms with van der Waals surface area (Å²) in [5.74, 6) is 0. The van der Waals surface area contributed by atoms with Crippen molar-refractivity contribution in [1.82, 2.24) is 10.2 Å². The van der Waals surface area contributed by atoms with Gasteiger partial charge < -0.3 is 10.2 Å². The summed E-state index contributed by atoms with van der Waals surface area (Å²) >= 11 is 1.64. The van der Waals surface area contributed by atoms with Crippen LogP contribution in [0.1, 0.15) is 18.1 Å². The summed E-state index contributed by atoms with van der Waals surface area (Å²) in [4.78, 5) is 14.0. The maximum atomic E-state index is 12.2. The van der Waals surface area contributed by atoms with E-state index >= 15 is 0 Å². The quantitative estimate of drug-likeness (QED) is 0.920. The summed E-state index contributed by atoms with van der Waals surface area (Å²) in [6.45, 7) is 3.49. The molecule has 102 valence electrons. The van der Waals surface area contributed by atoms with Crippen LogP contribution in [0.4, 0.5) is 4.79 Å². The second-order valence-corrected chi connectivity index (χ2v) is 5.49. The van der Waals surface area contributed by atoms with Crippen molar-refractivity contribution in [2.75, 3.05) is 12.8 Å². The number of carbonyl (C=O) groups excluding carboxylic acids is 1. The second-order valence-electron chi connectivity index (χ2n) is 4.74. The number of urea groups is 1. The number of rotatable bonds is 3. The molecule has 1 aliphatic rings. The van der Waals surface area contributed by atoms with E-state index in [0.29, 0.717) is 6.54 Å². The third-order valence-corrected chi connectivity index (χ3v) is 3.70. The van der Waals surface area contributed by atoms with Gasteiger partial charge in [0.05, 0.1) is 0 Å². The molecule has 0 saturated carbocycles.